The number of ether oxygens (including phenoxy) is 2. The Morgan fingerprint density at radius 3 is 2.58 bits per heavy atom. The van der Waals surface area contributed by atoms with Crippen molar-refractivity contribution in [2.24, 2.45) is 5.92 Å². The van der Waals surface area contributed by atoms with Crippen molar-refractivity contribution in [3.63, 3.8) is 0 Å². The number of aliphatic hydroxyl groups excluding tert-OH is 2. The zero-order chi connectivity index (χ0) is 27.8. The molecule has 0 radical (unpaired) electrons. The van der Waals surface area contributed by atoms with E-state index in [0.717, 1.165) is 82.5 Å². The summed E-state index contributed by atoms with van der Waals surface area (Å²) in [6.45, 7) is 10.6. The molecule has 0 spiro atoms. The van der Waals surface area contributed by atoms with E-state index < -0.39 is 12.2 Å². The first-order valence-corrected chi connectivity index (χ1v) is 15.2. The van der Waals surface area contributed by atoms with Crippen molar-refractivity contribution < 1.29 is 24.5 Å². The highest BCUT2D eigenvalue weighted by Gasteiger charge is 2.41. The number of allylic oxidation sites excluding steroid dienone is 2. The Morgan fingerprint density at radius 1 is 1.18 bits per heavy atom. The van der Waals surface area contributed by atoms with Gasteiger partial charge in [-0.3, -0.25) is 9.69 Å². The van der Waals surface area contributed by atoms with Crippen LogP contribution in [0.15, 0.2) is 36.4 Å². The van der Waals surface area contributed by atoms with E-state index in [9.17, 15) is 15.0 Å². The standard InChI is InChI=1S/C29H44ClNO5.C2H6/c1-2-3-5-9-26(32)22-11-13-23(14-12-22)29-24(25(30)21-27(29)33)8-6-4-7-10-28(34)36-20-17-31-15-18-35-19-16-31;1-2/h6,8,11-14,24-27,29,32-33H,2-5,7,9-10,15-21H2,1H3;1-2H3. The third kappa shape index (κ3) is 11.0. The molecule has 1 saturated carbocycles. The number of esters is 1. The minimum atomic E-state index is -0.496. The predicted molar refractivity (Wildman–Crippen MR) is 155 cm³/mol. The Balaban J connectivity index is 0.00000247. The molecule has 1 aliphatic carbocycles. The van der Waals surface area contributed by atoms with Gasteiger partial charge in [-0.1, -0.05) is 76.5 Å². The number of hydrogen-bond donors (Lipinski definition) is 2. The van der Waals surface area contributed by atoms with E-state index >= 15 is 0 Å². The van der Waals surface area contributed by atoms with E-state index in [0.29, 0.717) is 19.4 Å². The molecule has 2 aliphatic rings. The molecule has 7 heteroatoms. The van der Waals surface area contributed by atoms with Gasteiger partial charge in [0.25, 0.3) is 0 Å². The van der Waals surface area contributed by atoms with Gasteiger partial charge < -0.3 is 19.7 Å². The summed E-state index contributed by atoms with van der Waals surface area (Å²) in [6.07, 6.45) is 9.76. The fourth-order valence-electron chi connectivity index (χ4n) is 5.20. The maximum atomic E-state index is 12.0. The molecule has 2 fully saturated rings. The fourth-order valence-corrected chi connectivity index (χ4v) is 5.62. The number of rotatable bonds is 14. The summed E-state index contributed by atoms with van der Waals surface area (Å²) in [7, 11) is 0. The molecule has 5 unspecified atom stereocenters. The highest BCUT2D eigenvalue weighted by atomic mass is 35.5. The monoisotopic (exact) mass is 551 g/mol. The number of nitrogens with zero attached hydrogens (tertiary/aromatic N) is 1. The molecule has 2 N–H and O–H groups in total. The summed E-state index contributed by atoms with van der Waals surface area (Å²) in [6, 6.07) is 8.00. The van der Waals surface area contributed by atoms with Crippen LogP contribution in [0.25, 0.3) is 0 Å². The molecule has 5 atom stereocenters. The number of unbranched alkanes of at least 4 members (excludes halogenated alkanes) is 3. The van der Waals surface area contributed by atoms with E-state index in [4.69, 9.17) is 21.1 Å². The fraction of sp³-hybridized carbons (Fsp3) is 0.710. The Morgan fingerprint density at radius 2 is 1.89 bits per heavy atom. The van der Waals surface area contributed by atoms with Crippen LogP contribution >= 0.6 is 11.6 Å². The van der Waals surface area contributed by atoms with Gasteiger partial charge in [-0.15, -0.1) is 11.6 Å². The van der Waals surface area contributed by atoms with Crippen LogP contribution in [-0.4, -0.2) is 72.0 Å². The first kappa shape index (κ1) is 32.8. The van der Waals surface area contributed by atoms with Crippen molar-refractivity contribution >= 4 is 17.6 Å². The van der Waals surface area contributed by atoms with E-state index in [-0.39, 0.29) is 23.2 Å². The van der Waals surface area contributed by atoms with Crippen LogP contribution < -0.4 is 0 Å². The predicted octanol–water partition coefficient (Wildman–Crippen LogP) is 6.00. The van der Waals surface area contributed by atoms with Crippen molar-refractivity contribution in [3.05, 3.63) is 47.5 Å². The first-order chi connectivity index (χ1) is 18.5. The maximum Gasteiger partial charge on any atom is 0.305 e. The summed E-state index contributed by atoms with van der Waals surface area (Å²) in [5, 5.41) is 21.0. The number of aliphatic hydroxyl groups is 2. The summed E-state index contributed by atoms with van der Waals surface area (Å²) in [4.78, 5) is 14.3. The molecular weight excluding hydrogens is 502 g/mol. The maximum absolute atomic E-state index is 12.0. The van der Waals surface area contributed by atoms with Crippen LogP contribution in [0.4, 0.5) is 0 Å². The second kappa shape index (κ2) is 18.8. The van der Waals surface area contributed by atoms with Crippen molar-refractivity contribution in [1.29, 1.82) is 0 Å². The van der Waals surface area contributed by atoms with Crippen LogP contribution in [-0.2, 0) is 14.3 Å². The number of alkyl halides is 1. The lowest BCUT2D eigenvalue weighted by Crippen LogP contribution is -2.38. The Kier molecular flexibility index (Phi) is 16.2. The largest absolute Gasteiger partial charge is 0.464 e. The summed E-state index contributed by atoms with van der Waals surface area (Å²) in [5.41, 5.74) is 1.97. The topological polar surface area (TPSA) is 79.2 Å². The molecule has 0 amide bonds. The van der Waals surface area contributed by atoms with Gasteiger partial charge in [-0.2, -0.15) is 0 Å². The normalized spacial score (nSPS) is 24.7. The van der Waals surface area contributed by atoms with E-state index in [1.165, 1.54) is 0 Å². The molecule has 1 aromatic rings. The van der Waals surface area contributed by atoms with E-state index in [1.54, 1.807) is 0 Å². The number of morpholine rings is 1. The van der Waals surface area contributed by atoms with Gasteiger partial charge in [0.2, 0.25) is 0 Å². The zero-order valence-corrected chi connectivity index (χ0v) is 24.5. The zero-order valence-electron chi connectivity index (χ0n) is 23.7. The second-order valence-electron chi connectivity index (χ2n) is 10.1. The smallest absolute Gasteiger partial charge is 0.305 e. The number of halogens is 1. The molecule has 216 valence electrons. The molecule has 1 heterocycles. The minimum Gasteiger partial charge on any atom is -0.464 e. The summed E-state index contributed by atoms with van der Waals surface area (Å²) in [5.74, 6) is -0.194. The number of carbonyl (C=O) groups excluding carboxylic acids is 1. The number of benzene rings is 1. The molecule has 0 bridgehead atoms. The van der Waals surface area contributed by atoms with E-state index in [1.807, 2.05) is 38.1 Å². The van der Waals surface area contributed by atoms with Crippen LogP contribution in [0, 0.1) is 5.92 Å². The van der Waals surface area contributed by atoms with E-state index in [2.05, 4.69) is 24.0 Å². The molecule has 6 nitrogen and oxygen atoms in total. The van der Waals surface area contributed by atoms with Gasteiger partial charge in [0.1, 0.15) is 6.61 Å². The molecule has 3 rings (SSSR count). The van der Waals surface area contributed by atoms with Crippen LogP contribution in [0.3, 0.4) is 0 Å². The van der Waals surface area contributed by atoms with Crippen LogP contribution in [0.1, 0.15) is 95.3 Å². The third-order valence-electron chi connectivity index (χ3n) is 7.39. The Hall–Kier alpha value is -1.44. The molecule has 1 aromatic carbocycles. The van der Waals surface area contributed by atoms with Gasteiger partial charge in [-0.05, 0) is 36.8 Å². The summed E-state index contributed by atoms with van der Waals surface area (Å²) < 4.78 is 10.7. The van der Waals surface area contributed by atoms with Gasteiger partial charge >= 0.3 is 5.97 Å². The molecular formula is C31H50ClNO5. The molecule has 38 heavy (non-hydrogen) atoms. The van der Waals surface area contributed by atoms with Crippen LogP contribution in [0.2, 0.25) is 0 Å². The Bertz CT molecular complexity index is 796. The number of carbonyl (C=O) groups is 1. The highest BCUT2D eigenvalue weighted by molar-refractivity contribution is 6.21. The molecule has 0 aromatic heterocycles. The van der Waals surface area contributed by atoms with Crippen molar-refractivity contribution in [2.75, 3.05) is 39.5 Å². The highest BCUT2D eigenvalue weighted by Crippen LogP contribution is 2.44. The summed E-state index contributed by atoms with van der Waals surface area (Å²) >= 11 is 6.62. The molecule has 1 aliphatic heterocycles. The minimum absolute atomic E-state index is 0.0301. The van der Waals surface area contributed by atoms with Gasteiger partial charge in [-0.25, -0.2) is 0 Å². The van der Waals surface area contributed by atoms with Gasteiger partial charge in [0, 0.05) is 43.3 Å². The molecule has 1 saturated heterocycles. The lowest BCUT2D eigenvalue weighted by atomic mass is 9.86. The third-order valence-corrected chi connectivity index (χ3v) is 7.85. The van der Waals surface area contributed by atoms with Crippen molar-refractivity contribution in [1.82, 2.24) is 4.90 Å². The lowest BCUT2D eigenvalue weighted by molar-refractivity contribution is -0.144. The quantitative estimate of drug-likeness (QED) is 0.128. The van der Waals surface area contributed by atoms with Crippen LogP contribution in [0.5, 0.6) is 0 Å². The van der Waals surface area contributed by atoms with Crippen molar-refractivity contribution in [2.45, 2.75) is 95.6 Å². The van der Waals surface area contributed by atoms with Gasteiger partial charge in [0.05, 0.1) is 25.4 Å². The van der Waals surface area contributed by atoms with Gasteiger partial charge in [0.15, 0.2) is 0 Å². The van der Waals surface area contributed by atoms with Crippen molar-refractivity contribution in [3.8, 4) is 0 Å². The average molecular weight is 552 g/mol. The first-order valence-electron chi connectivity index (χ1n) is 14.7. The lowest BCUT2D eigenvalue weighted by Gasteiger charge is -2.26. The number of hydrogen-bond acceptors (Lipinski definition) is 6. The average Bonchev–Trinajstić information content (AvgIpc) is 3.22. The second-order valence-corrected chi connectivity index (χ2v) is 10.7. The SMILES string of the molecule is CC.CCCCCC(O)c1ccc(C2C(O)CC(Cl)C2C=CCCCC(=O)OCCN2CCOCC2)cc1. The Labute approximate surface area is 235 Å².